The third kappa shape index (κ3) is 3.67. The lowest BCUT2D eigenvalue weighted by atomic mass is 10.0. The summed E-state index contributed by atoms with van der Waals surface area (Å²) >= 11 is 0. The van der Waals surface area contributed by atoms with E-state index in [1.54, 1.807) is 0 Å². The lowest BCUT2D eigenvalue weighted by molar-refractivity contribution is 0.191. The number of nitrogens with zero attached hydrogens (tertiary/aromatic N) is 2. The highest BCUT2D eigenvalue weighted by atomic mass is 32.2. The molecule has 136 valence electrons. The van der Waals surface area contributed by atoms with E-state index in [0.717, 1.165) is 32.6 Å². The average Bonchev–Trinajstić information content (AvgIpc) is 3.24. The first-order valence-corrected chi connectivity index (χ1v) is 10.9. The average molecular weight is 363 g/mol. The van der Waals surface area contributed by atoms with Crippen LogP contribution >= 0.6 is 0 Å². The summed E-state index contributed by atoms with van der Waals surface area (Å²) in [5.74, 6) is 0.801. The van der Waals surface area contributed by atoms with Gasteiger partial charge in [0.2, 0.25) is 0 Å². The number of nitrogens with one attached hydrogen (secondary N) is 1. The fraction of sp³-hybridized carbons (Fsp3) is 0.611. The van der Waals surface area contributed by atoms with Gasteiger partial charge in [0.1, 0.15) is 0 Å². The minimum atomic E-state index is -2.96. The van der Waals surface area contributed by atoms with Gasteiger partial charge >= 0.3 is 6.03 Å². The minimum absolute atomic E-state index is 0.0829. The van der Waals surface area contributed by atoms with Gasteiger partial charge in [0.15, 0.2) is 9.84 Å². The molecular formula is C18H25N3O3S. The number of hydrogen-bond donors (Lipinski definition) is 1. The van der Waals surface area contributed by atoms with Crippen molar-refractivity contribution in [1.29, 1.82) is 0 Å². The van der Waals surface area contributed by atoms with Crippen LogP contribution in [0.2, 0.25) is 0 Å². The monoisotopic (exact) mass is 363 g/mol. The second-order valence-electron chi connectivity index (χ2n) is 7.53. The Hall–Kier alpha value is -1.60. The van der Waals surface area contributed by atoms with Gasteiger partial charge < -0.3 is 10.2 Å². The van der Waals surface area contributed by atoms with Gasteiger partial charge in [-0.15, -0.1) is 0 Å². The zero-order valence-electron chi connectivity index (χ0n) is 14.3. The van der Waals surface area contributed by atoms with Gasteiger partial charge in [0, 0.05) is 31.7 Å². The van der Waals surface area contributed by atoms with Crippen LogP contribution in [0, 0.1) is 5.92 Å². The quantitative estimate of drug-likeness (QED) is 0.873. The van der Waals surface area contributed by atoms with E-state index >= 15 is 0 Å². The molecule has 0 aromatic heterocycles. The van der Waals surface area contributed by atoms with Crippen LogP contribution in [0.25, 0.3) is 0 Å². The molecule has 7 heteroatoms. The topological polar surface area (TPSA) is 69.7 Å². The van der Waals surface area contributed by atoms with Gasteiger partial charge in [-0.3, -0.25) is 4.90 Å². The van der Waals surface area contributed by atoms with Gasteiger partial charge in [-0.05, 0) is 30.9 Å². The first-order valence-electron chi connectivity index (χ1n) is 9.04. The molecule has 1 unspecified atom stereocenters. The number of urea groups is 1. The maximum Gasteiger partial charge on any atom is 0.317 e. The zero-order valence-corrected chi connectivity index (χ0v) is 15.1. The van der Waals surface area contributed by atoms with Crippen LogP contribution in [0.3, 0.4) is 0 Å². The fourth-order valence-corrected chi connectivity index (χ4v) is 6.08. The Kier molecular flexibility index (Phi) is 4.45. The molecule has 3 aliphatic heterocycles. The fourth-order valence-electron chi connectivity index (χ4n) is 4.40. The Bertz CT molecular complexity index is 737. The number of sulfone groups is 1. The summed E-state index contributed by atoms with van der Waals surface area (Å²) in [6.45, 7) is 3.53. The van der Waals surface area contributed by atoms with Crippen LogP contribution in [0.1, 0.15) is 18.4 Å². The van der Waals surface area contributed by atoms with Crippen molar-refractivity contribution in [1.82, 2.24) is 15.1 Å². The molecule has 3 saturated heterocycles. The molecule has 25 heavy (non-hydrogen) atoms. The van der Waals surface area contributed by atoms with Gasteiger partial charge in [-0.1, -0.05) is 30.3 Å². The van der Waals surface area contributed by atoms with E-state index in [1.807, 2.05) is 11.0 Å². The number of carbonyl (C=O) groups excluding carboxylic acids is 1. The molecule has 3 heterocycles. The first kappa shape index (κ1) is 16.8. The SMILES string of the molecule is O=C(NC1CCS(=O)(=O)C1)N1C[C@@H]2CCN(Cc3ccccc3)[C@@H]2C1. The van der Waals surface area contributed by atoms with Crippen molar-refractivity contribution < 1.29 is 13.2 Å². The smallest absolute Gasteiger partial charge is 0.317 e. The first-order chi connectivity index (χ1) is 12.0. The summed E-state index contributed by atoms with van der Waals surface area (Å²) < 4.78 is 23.1. The van der Waals surface area contributed by atoms with Crippen LogP contribution < -0.4 is 5.32 Å². The summed E-state index contributed by atoms with van der Waals surface area (Å²) in [6, 6.07) is 10.5. The second kappa shape index (κ2) is 6.61. The largest absolute Gasteiger partial charge is 0.334 e. The third-order valence-electron chi connectivity index (χ3n) is 5.74. The Labute approximate surface area is 149 Å². The highest BCUT2D eigenvalue weighted by Gasteiger charge is 2.43. The van der Waals surface area contributed by atoms with E-state index in [1.165, 1.54) is 5.56 Å². The Morgan fingerprint density at radius 3 is 2.68 bits per heavy atom. The van der Waals surface area contributed by atoms with E-state index < -0.39 is 9.84 Å². The van der Waals surface area contributed by atoms with Crippen molar-refractivity contribution >= 4 is 15.9 Å². The molecule has 3 atom stereocenters. The third-order valence-corrected chi connectivity index (χ3v) is 7.51. The van der Waals surface area contributed by atoms with Crippen molar-refractivity contribution in [2.24, 2.45) is 5.92 Å². The van der Waals surface area contributed by atoms with Crippen LogP contribution in [0.15, 0.2) is 30.3 Å². The maximum atomic E-state index is 12.5. The van der Waals surface area contributed by atoms with Crippen LogP contribution in [0.5, 0.6) is 0 Å². The molecule has 3 fully saturated rings. The zero-order chi connectivity index (χ0) is 17.4. The standard InChI is InChI=1S/C18H25N3O3S/c22-18(19-16-7-9-25(23,24)13-16)21-11-15-6-8-20(17(15)12-21)10-14-4-2-1-3-5-14/h1-5,15-17H,6-13H2,(H,19,22)/t15-,16?,17+/m0/s1. The number of fused-ring (bicyclic) bond motifs is 1. The van der Waals surface area contributed by atoms with Crippen LogP contribution in [-0.2, 0) is 16.4 Å². The number of benzene rings is 1. The van der Waals surface area contributed by atoms with Gasteiger partial charge in [-0.2, -0.15) is 0 Å². The predicted molar refractivity (Wildman–Crippen MR) is 95.9 cm³/mol. The lowest BCUT2D eigenvalue weighted by Gasteiger charge is -2.25. The molecule has 2 amide bonds. The van der Waals surface area contributed by atoms with E-state index in [2.05, 4.69) is 34.5 Å². The van der Waals surface area contributed by atoms with E-state index in [4.69, 9.17) is 0 Å². The predicted octanol–water partition coefficient (Wildman–Crippen LogP) is 1.09. The highest BCUT2D eigenvalue weighted by Crippen LogP contribution is 2.32. The summed E-state index contributed by atoms with van der Waals surface area (Å²) in [5.41, 5.74) is 1.31. The van der Waals surface area contributed by atoms with Gasteiger partial charge in [0.05, 0.1) is 11.5 Å². The molecule has 0 radical (unpaired) electrons. The van der Waals surface area contributed by atoms with Crippen molar-refractivity contribution in [3.05, 3.63) is 35.9 Å². The number of amides is 2. The molecule has 0 saturated carbocycles. The second-order valence-corrected chi connectivity index (χ2v) is 9.76. The van der Waals surface area contributed by atoms with Crippen LogP contribution in [-0.4, -0.2) is 67.5 Å². The normalized spacial score (nSPS) is 31.2. The molecule has 0 aliphatic carbocycles. The van der Waals surface area contributed by atoms with Crippen molar-refractivity contribution in [3.63, 3.8) is 0 Å². The molecule has 1 aromatic rings. The summed E-state index contributed by atoms with van der Waals surface area (Å²) in [6.07, 6.45) is 1.66. The number of carbonyl (C=O) groups is 1. The Morgan fingerprint density at radius 2 is 1.96 bits per heavy atom. The molecule has 0 bridgehead atoms. The number of likely N-dealkylation sites (tertiary alicyclic amines) is 2. The summed E-state index contributed by atoms with van der Waals surface area (Å²) in [4.78, 5) is 16.9. The van der Waals surface area contributed by atoms with E-state index in [9.17, 15) is 13.2 Å². The number of rotatable bonds is 3. The minimum Gasteiger partial charge on any atom is -0.334 e. The lowest BCUT2D eigenvalue weighted by Crippen LogP contribution is -2.46. The Morgan fingerprint density at radius 1 is 1.16 bits per heavy atom. The Balaban J connectivity index is 1.34. The molecule has 0 spiro atoms. The van der Waals surface area contributed by atoms with Crippen molar-refractivity contribution in [2.75, 3.05) is 31.1 Å². The van der Waals surface area contributed by atoms with E-state index in [0.29, 0.717) is 18.4 Å². The van der Waals surface area contributed by atoms with Crippen molar-refractivity contribution in [2.45, 2.75) is 31.5 Å². The highest BCUT2D eigenvalue weighted by molar-refractivity contribution is 7.91. The van der Waals surface area contributed by atoms with Gasteiger partial charge in [-0.25, -0.2) is 13.2 Å². The maximum absolute atomic E-state index is 12.5. The molecule has 1 aromatic carbocycles. The summed E-state index contributed by atoms with van der Waals surface area (Å²) in [7, 11) is -2.96. The van der Waals surface area contributed by atoms with Crippen molar-refractivity contribution in [3.8, 4) is 0 Å². The molecule has 4 rings (SSSR count). The molecule has 1 N–H and O–H groups in total. The molecule has 3 aliphatic rings. The van der Waals surface area contributed by atoms with Crippen LogP contribution in [0.4, 0.5) is 4.79 Å². The summed E-state index contributed by atoms with van der Waals surface area (Å²) in [5, 5.41) is 2.92. The molecule has 6 nitrogen and oxygen atoms in total. The van der Waals surface area contributed by atoms with E-state index in [-0.39, 0.29) is 23.6 Å². The molecular weight excluding hydrogens is 338 g/mol. The van der Waals surface area contributed by atoms with Gasteiger partial charge in [0.25, 0.3) is 0 Å². The number of hydrogen-bond acceptors (Lipinski definition) is 4.